The van der Waals surface area contributed by atoms with Crippen molar-refractivity contribution in [2.45, 2.75) is 25.8 Å². The zero-order chi connectivity index (χ0) is 22.8. The van der Waals surface area contributed by atoms with E-state index >= 15 is 0 Å². The Labute approximate surface area is 191 Å². The molecule has 3 rings (SSSR count). The molecule has 0 bridgehead atoms. The van der Waals surface area contributed by atoms with Crippen LogP contribution >= 0.6 is 0 Å². The second kappa shape index (κ2) is 11.8. The van der Waals surface area contributed by atoms with Gasteiger partial charge in [0, 0.05) is 23.2 Å². The number of hydrogen-bond donors (Lipinski definition) is 1. The van der Waals surface area contributed by atoms with E-state index in [-0.39, 0.29) is 0 Å². The minimum absolute atomic E-state index is 0.299. The highest BCUT2D eigenvalue weighted by atomic mass is 16.5. The third-order valence-corrected chi connectivity index (χ3v) is 5.28. The third-order valence-electron chi connectivity index (χ3n) is 5.28. The molecule has 0 radical (unpaired) electrons. The first kappa shape index (κ1) is 23.2. The maximum Gasteiger partial charge on any atom is 0.122 e. The molecule has 166 valence electrons. The van der Waals surface area contributed by atoms with Gasteiger partial charge in [0.25, 0.3) is 0 Å². The summed E-state index contributed by atoms with van der Waals surface area (Å²) in [5.41, 5.74) is 4.39. The average Bonchev–Trinajstić information content (AvgIpc) is 2.83. The number of nitrogens with one attached hydrogen (secondary N) is 1. The van der Waals surface area contributed by atoms with Crippen LogP contribution in [0, 0.1) is 11.8 Å². The Kier molecular flexibility index (Phi) is 8.60. The molecule has 0 heterocycles. The lowest BCUT2D eigenvalue weighted by Crippen LogP contribution is -2.30. The molecule has 0 saturated heterocycles. The lowest BCUT2D eigenvalue weighted by molar-refractivity contribution is 0.393. The first-order chi connectivity index (χ1) is 15.6. The summed E-state index contributed by atoms with van der Waals surface area (Å²) in [6.45, 7) is 3.06. The second-order valence-electron chi connectivity index (χ2n) is 7.67. The molecule has 4 heteroatoms. The van der Waals surface area contributed by atoms with Gasteiger partial charge in [0.05, 0.1) is 21.3 Å². The van der Waals surface area contributed by atoms with E-state index < -0.39 is 0 Å². The molecular formula is C28H31NO3. The Morgan fingerprint density at radius 3 is 2.12 bits per heavy atom. The molecule has 1 unspecified atom stereocenters. The second-order valence-corrected chi connectivity index (χ2v) is 7.67. The summed E-state index contributed by atoms with van der Waals surface area (Å²) in [4.78, 5) is 0. The summed E-state index contributed by atoms with van der Waals surface area (Å²) in [5, 5.41) is 3.62. The van der Waals surface area contributed by atoms with Gasteiger partial charge in [-0.3, -0.25) is 0 Å². The fourth-order valence-corrected chi connectivity index (χ4v) is 3.51. The van der Waals surface area contributed by atoms with Crippen LogP contribution in [0.1, 0.15) is 29.2 Å². The predicted octanol–water partition coefficient (Wildman–Crippen LogP) is 4.88. The molecule has 3 aromatic carbocycles. The quantitative estimate of drug-likeness (QED) is 0.493. The smallest absolute Gasteiger partial charge is 0.122 e. The highest BCUT2D eigenvalue weighted by molar-refractivity contribution is 5.49. The van der Waals surface area contributed by atoms with E-state index in [2.05, 4.69) is 42.3 Å². The molecular weight excluding hydrogens is 398 g/mol. The highest BCUT2D eigenvalue weighted by Crippen LogP contribution is 2.23. The average molecular weight is 430 g/mol. The minimum atomic E-state index is 0.299. The zero-order valence-corrected chi connectivity index (χ0v) is 19.3. The van der Waals surface area contributed by atoms with Crippen molar-refractivity contribution < 1.29 is 14.2 Å². The molecule has 1 N–H and O–H groups in total. The van der Waals surface area contributed by atoms with E-state index in [1.165, 1.54) is 11.1 Å². The zero-order valence-electron chi connectivity index (χ0n) is 19.3. The molecule has 4 nitrogen and oxygen atoms in total. The molecule has 0 aromatic heterocycles. The monoisotopic (exact) mass is 429 g/mol. The SMILES string of the molecule is COc1cc(CCNC(C)Cc2ccc(OC)cc2C#Cc2ccccc2)cc(OC)c1. The van der Waals surface area contributed by atoms with Gasteiger partial charge < -0.3 is 19.5 Å². The first-order valence-corrected chi connectivity index (χ1v) is 10.8. The minimum Gasteiger partial charge on any atom is -0.497 e. The van der Waals surface area contributed by atoms with Crippen LogP contribution in [0.4, 0.5) is 0 Å². The number of rotatable bonds is 9. The maximum atomic E-state index is 5.41. The van der Waals surface area contributed by atoms with Gasteiger partial charge in [0.2, 0.25) is 0 Å². The summed E-state index contributed by atoms with van der Waals surface area (Å²) in [6.07, 6.45) is 1.77. The fourth-order valence-electron chi connectivity index (χ4n) is 3.51. The Bertz CT molecular complexity index is 1040. The van der Waals surface area contributed by atoms with Crippen LogP contribution in [-0.2, 0) is 12.8 Å². The maximum absolute atomic E-state index is 5.41. The van der Waals surface area contributed by atoms with E-state index in [1.54, 1.807) is 21.3 Å². The molecule has 32 heavy (non-hydrogen) atoms. The van der Waals surface area contributed by atoms with Gasteiger partial charge in [-0.15, -0.1) is 0 Å². The third kappa shape index (κ3) is 6.80. The van der Waals surface area contributed by atoms with Crippen molar-refractivity contribution in [3.63, 3.8) is 0 Å². The van der Waals surface area contributed by atoms with Crippen molar-refractivity contribution in [2.75, 3.05) is 27.9 Å². The lowest BCUT2D eigenvalue weighted by atomic mass is 10.00. The standard InChI is InChI=1S/C28H31NO3/c1-21(29-15-14-23-17-27(31-3)20-28(18-23)32-4)16-24-12-13-26(30-2)19-25(24)11-10-22-8-6-5-7-9-22/h5-9,12-13,17-21,29H,14-16H2,1-4H3. The fraction of sp³-hybridized carbons (Fsp3) is 0.286. The van der Waals surface area contributed by atoms with Crippen molar-refractivity contribution in [3.8, 4) is 29.1 Å². The normalized spacial score (nSPS) is 11.2. The van der Waals surface area contributed by atoms with Gasteiger partial charge in [-0.05, 0) is 73.8 Å². The van der Waals surface area contributed by atoms with Crippen molar-refractivity contribution in [1.82, 2.24) is 5.32 Å². The van der Waals surface area contributed by atoms with Crippen LogP contribution < -0.4 is 19.5 Å². The molecule has 0 spiro atoms. The van der Waals surface area contributed by atoms with Crippen LogP contribution in [0.3, 0.4) is 0 Å². The van der Waals surface area contributed by atoms with Crippen LogP contribution in [-0.4, -0.2) is 33.9 Å². The largest absolute Gasteiger partial charge is 0.497 e. The van der Waals surface area contributed by atoms with E-state index in [0.717, 1.165) is 47.8 Å². The van der Waals surface area contributed by atoms with Crippen molar-refractivity contribution in [1.29, 1.82) is 0 Å². The Morgan fingerprint density at radius 2 is 1.47 bits per heavy atom. The molecule has 0 aliphatic rings. The number of benzene rings is 3. The van der Waals surface area contributed by atoms with Crippen molar-refractivity contribution in [2.24, 2.45) is 0 Å². The topological polar surface area (TPSA) is 39.7 Å². The number of ether oxygens (including phenoxy) is 3. The highest BCUT2D eigenvalue weighted by Gasteiger charge is 2.09. The summed E-state index contributed by atoms with van der Waals surface area (Å²) >= 11 is 0. The van der Waals surface area contributed by atoms with Crippen molar-refractivity contribution in [3.05, 3.63) is 89.0 Å². The lowest BCUT2D eigenvalue weighted by Gasteiger charge is -2.16. The van der Waals surface area contributed by atoms with E-state index in [9.17, 15) is 0 Å². The summed E-state index contributed by atoms with van der Waals surface area (Å²) < 4.78 is 16.1. The van der Waals surface area contributed by atoms with E-state index in [0.29, 0.717) is 6.04 Å². The Morgan fingerprint density at radius 1 is 0.781 bits per heavy atom. The van der Waals surface area contributed by atoms with Gasteiger partial charge in [-0.25, -0.2) is 0 Å². The van der Waals surface area contributed by atoms with Crippen molar-refractivity contribution >= 4 is 0 Å². The molecule has 0 fully saturated rings. The first-order valence-electron chi connectivity index (χ1n) is 10.8. The molecule has 0 aliphatic heterocycles. The van der Waals surface area contributed by atoms with Gasteiger partial charge in [-0.2, -0.15) is 0 Å². The number of hydrogen-bond acceptors (Lipinski definition) is 4. The molecule has 3 aromatic rings. The van der Waals surface area contributed by atoms with Gasteiger partial charge in [0.15, 0.2) is 0 Å². The summed E-state index contributed by atoms with van der Waals surface area (Å²) in [7, 11) is 5.03. The molecule has 0 saturated carbocycles. The van der Waals surface area contributed by atoms with Crippen LogP contribution in [0.2, 0.25) is 0 Å². The molecule has 1 atom stereocenters. The molecule has 0 aliphatic carbocycles. The van der Waals surface area contributed by atoms with E-state index in [1.807, 2.05) is 48.5 Å². The van der Waals surface area contributed by atoms with Crippen LogP contribution in [0.15, 0.2) is 66.7 Å². The Balaban J connectivity index is 1.64. The number of methoxy groups -OCH3 is 3. The summed E-state index contributed by atoms with van der Waals surface area (Å²) in [6, 6.07) is 22.4. The molecule has 0 amide bonds. The van der Waals surface area contributed by atoms with E-state index in [4.69, 9.17) is 14.2 Å². The summed E-state index contributed by atoms with van der Waals surface area (Å²) in [5.74, 6) is 9.04. The van der Waals surface area contributed by atoms with Gasteiger partial charge >= 0.3 is 0 Å². The van der Waals surface area contributed by atoms with Crippen LogP contribution in [0.25, 0.3) is 0 Å². The van der Waals surface area contributed by atoms with Crippen LogP contribution in [0.5, 0.6) is 17.2 Å². The van der Waals surface area contributed by atoms with Gasteiger partial charge in [-0.1, -0.05) is 36.1 Å². The van der Waals surface area contributed by atoms with Gasteiger partial charge in [0.1, 0.15) is 17.2 Å². The Hall–Kier alpha value is -3.42. The predicted molar refractivity (Wildman–Crippen MR) is 130 cm³/mol.